The summed E-state index contributed by atoms with van der Waals surface area (Å²) in [5.41, 5.74) is 6.51. The third-order valence-electron chi connectivity index (χ3n) is 3.90. The van der Waals surface area contributed by atoms with E-state index in [4.69, 9.17) is 10.5 Å². The number of carbonyl (C=O) groups excluding carboxylic acids is 1. The molecule has 6 heteroatoms. The van der Waals surface area contributed by atoms with Gasteiger partial charge in [-0.05, 0) is 38.5 Å². The minimum atomic E-state index is -0.801. The van der Waals surface area contributed by atoms with Crippen molar-refractivity contribution in [3.05, 3.63) is 10.6 Å². The number of nitrogens with one attached hydrogen (secondary N) is 1. The van der Waals surface area contributed by atoms with E-state index in [-0.39, 0.29) is 5.91 Å². The van der Waals surface area contributed by atoms with E-state index >= 15 is 0 Å². The molecule has 0 saturated carbocycles. The third kappa shape index (κ3) is 2.66. The Morgan fingerprint density at radius 1 is 1.32 bits per heavy atom. The fraction of sp³-hybridized carbons (Fsp3) is 0.692. The lowest BCUT2D eigenvalue weighted by molar-refractivity contribution is -0.124. The van der Waals surface area contributed by atoms with Gasteiger partial charge in [0.25, 0.3) is 0 Å². The monoisotopic (exact) mass is 281 g/mol. The molecule has 0 unspecified atom stereocenters. The van der Waals surface area contributed by atoms with Gasteiger partial charge in [0.1, 0.15) is 5.54 Å². The van der Waals surface area contributed by atoms with Gasteiger partial charge in [-0.3, -0.25) is 4.79 Å². The zero-order valence-corrected chi connectivity index (χ0v) is 11.7. The Morgan fingerprint density at radius 2 is 2.05 bits per heavy atom. The number of thiazole rings is 1. The molecule has 2 aliphatic rings. The van der Waals surface area contributed by atoms with Crippen LogP contribution >= 0.6 is 11.3 Å². The lowest BCUT2D eigenvalue weighted by Gasteiger charge is -2.31. The first-order valence-corrected chi connectivity index (χ1v) is 7.66. The van der Waals surface area contributed by atoms with Gasteiger partial charge in [-0.15, -0.1) is 11.3 Å². The number of nitrogens with zero attached hydrogens (tertiary/aromatic N) is 1. The molecule has 0 radical (unpaired) electrons. The number of ether oxygens (including phenoxy) is 1. The van der Waals surface area contributed by atoms with Crippen molar-refractivity contribution in [2.24, 2.45) is 5.73 Å². The predicted octanol–water partition coefficient (Wildman–Crippen LogP) is 1.47. The van der Waals surface area contributed by atoms with Crippen molar-refractivity contribution < 1.29 is 9.53 Å². The number of hydrogen-bond acceptors (Lipinski definition) is 5. The van der Waals surface area contributed by atoms with Crippen LogP contribution in [-0.4, -0.2) is 29.6 Å². The largest absolute Gasteiger partial charge is 0.381 e. The van der Waals surface area contributed by atoms with Crippen molar-refractivity contribution in [3.63, 3.8) is 0 Å². The van der Waals surface area contributed by atoms with Crippen molar-refractivity contribution in [3.8, 4) is 0 Å². The first kappa shape index (κ1) is 13.0. The summed E-state index contributed by atoms with van der Waals surface area (Å²) in [6.07, 6.45) is 5.69. The van der Waals surface area contributed by atoms with E-state index < -0.39 is 5.54 Å². The highest BCUT2D eigenvalue weighted by atomic mass is 32.1. The second-order valence-corrected chi connectivity index (χ2v) is 6.40. The van der Waals surface area contributed by atoms with Crippen LogP contribution in [0.2, 0.25) is 0 Å². The number of amides is 1. The maximum atomic E-state index is 12.3. The summed E-state index contributed by atoms with van der Waals surface area (Å²) in [5, 5.41) is 3.60. The standard InChI is InChI=1S/C13H19N3O2S/c14-13(5-7-18-8-6-13)11(17)16-12-15-9-3-1-2-4-10(9)19-12/h1-8,14H2,(H,15,16,17). The highest BCUT2D eigenvalue weighted by molar-refractivity contribution is 7.15. The second kappa shape index (κ2) is 5.19. The Balaban J connectivity index is 1.70. The summed E-state index contributed by atoms with van der Waals surface area (Å²) in [5.74, 6) is -0.123. The van der Waals surface area contributed by atoms with Crippen molar-refractivity contribution in [2.75, 3.05) is 18.5 Å². The molecule has 0 aromatic carbocycles. The van der Waals surface area contributed by atoms with E-state index in [2.05, 4.69) is 10.3 Å². The van der Waals surface area contributed by atoms with Gasteiger partial charge in [0.15, 0.2) is 5.13 Å². The van der Waals surface area contributed by atoms with E-state index in [1.165, 1.54) is 17.7 Å². The molecule has 1 amide bonds. The Labute approximate surface area is 116 Å². The number of rotatable bonds is 2. The number of anilines is 1. The summed E-state index contributed by atoms with van der Waals surface area (Å²) in [6, 6.07) is 0. The summed E-state index contributed by atoms with van der Waals surface area (Å²) in [7, 11) is 0. The van der Waals surface area contributed by atoms with E-state index in [9.17, 15) is 4.79 Å². The van der Waals surface area contributed by atoms with Crippen LogP contribution in [0.4, 0.5) is 5.13 Å². The van der Waals surface area contributed by atoms with Crippen LogP contribution in [0.5, 0.6) is 0 Å². The van der Waals surface area contributed by atoms with E-state index in [1.807, 2.05) is 0 Å². The molecule has 104 valence electrons. The summed E-state index contributed by atoms with van der Waals surface area (Å²) >= 11 is 1.60. The summed E-state index contributed by atoms with van der Waals surface area (Å²) in [6.45, 7) is 1.11. The molecular weight excluding hydrogens is 262 g/mol. The molecule has 3 rings (SSSR count). The highest BCUT2D eigenvalue weighted by Crippen LogP contribution is 2.30. The summed E-state index contributed by atoms with van der Waals surface area (Å²) in [4.78, 5) is 18.1. The highest BCUT2D eigenvalue weighted by Gasteiger charge is 2.36. The number of aryl methyl sites for hydroxylation is 2. The van der Waals surface area contributed by atoms with Gasteiger partial charge in [0, 0.05) is 18.1 Å². The molecule has 1 fully saturated rings. The molecule has 2 heterocycles. The van der Waals surface area contributed by atoms with Gasteiger partial charge in [-0.1, -0.05) is 0 Å². The molecule has 19 heavy (non-hydrogen) atoms. The maximum absolute atomic E-state index is 12.3. The fourth-order valence-corrected chi connectivity index (χ4v) is 3.63. The molecule has 1 saturated heterocycles. The van der Waals surface area contributed by atoms with E-state index in [0.29, 0.717) is 31.2 Å². The van der Waals surface area contributed by atoms with Crippen molar-refractivity contribution >= 4 is 22.4 Å². The minimum Gasteiger partial charge on any atom is -0.381 e. The Morgan fingerprint density at radius 3 is 2.79 bits per heavy atom. The van der Waals surface area contributed by atoms with Crippen molar-refractivity contribution in [1.82, 2.24) is 4.98 Å². The smallest absolute Gasteiger partial charge is 0.246 e. The normalized spacial score (nSPS) is 21.7. The van der Waals surface area contributed by atoms with Crippen LogP contribution in [-0.2, 0) is 22.4 Å². The third-order valence-corrected chi connectivity index (χ3v) is 4.98. The van der Waals surface area contributed by atoms with Crippen LogP contribution in [0.25, 0.3) is 0 Å². The Hall–Kier alpha value is -0.980. The zero-order chi connectivity index (χ0) is 13.3. The van der Waals surface area contributed by atoms with Gasteiger partial charge in [-0.25, -0.2) is 4.98 Å². The van der Waals surface area contributed by atoms with Gasteiger partial charge in [-0.2, -0.15) is 0 Å². The van der Waals surface area contributed by atoms with Crippen molar-refractivity contribution in [1.29, 1.82) is 0 Å². The molecular formula is C13H19N3O2S. The predicted molar refractivity (Wildman–Crippen MR) is 74.4 cm³/mol. The number of hydrogen-bond donors (Lipinski definition) is 2. The maximum Gasteiger partial charge on any atom is 0.246 e. The molecule has 3 N–H and O–H groups in total. The first-order chi connectivity index (χ1) is 9.17. The fourth-order valence-electron chi connectivity index (χ4n) is 2.59. The van der Waals surface area contributed by atoms with Gasteiger partial charge in [0.05, 0.1) is 5.69 Å². The average Bonchev–Trinajstić information content (AvgIpc) is 2.81. The SMILES string of the molecule is NC1(C(=O)Nc2nc3c(s2)CCCC3)CCOCC1. The van der Waals surface area contributed by atoms with Gasteiger partial charge >= 0.3 is 0 Å². The zero-order valence-electron chi connectivity index (χ0n) is 10.9. The van der Waals surface area contributed by atoms with Crippen LogP contribution in [0.15, 0.2) is 0 Å². The molecule has 0 spiro atoms. The second-order valence-electron chi connectivity index (χ2n) is 5.32. The van der Waals surface area contributed by atoms with Gasteiger partial charge < -0.3 is 15.8 Å². The Kier molecular flexibility index (Phi) is 3.56. The molecule has 0 bridgehead atoms. The first-order valence-electron chi connectivity index (χ1n) is 6.84. The van der Waals surface area contributed by atoms with Crippen LogP contribution in [0.1, 0.15) is 36.3 Å². The minimum absolute atomic E-state index is 0.123. The topological polar surface area (TPSA) is 77.2 Å². The van der Waals surface area contributed by atoms with E-state index in [1.54, 1.807) is 11.3 Å². The van der Waals surface area contributed by atoms with Crippen LogP contribution in [0.3, 0.4) is 0 Å². The average molecular weight is 281 g/mol. The quantitative estimate of drug-likeness (QED) is 0.860. The molecule has 1 aliphatic heterocycles. The molecule has 1 aliphatic carbocycles. The molecule has 1 aromatic heterocycles. The van der Waals surface area contributed by atoms with Gasteiger partial charge in [0.2, 0.25) is 5.91 Å². The van der Waals surface area contributed by atoms with Crippen LogP contribution in [0, 0.1) is 0 Å². The lowest BCUT2D eigenvalue weighted by atomic mass is 9.90. The summed E-state index contributed by atoms with van der Waals surface area (Å²) < 4.78 is 5.26. The lowest BCUT2D eigenvalue weighted by Crippen LogP contribution is -2.54. The number of aromatic nitrogens is 1. The molecule has 1 aromatic rings. The number of carbonyl (C=O) groups is 1. The Bertz CT molecular complexity index is 457. The van der Waals surface area contributed by atoms with E-state index in [0.717, 1.165) is 18.5 Å². The molecule has 5 nitrogen and oxygen atoms in total. The number of nitrogens with two attached hydrogens (primary N) is 1. The molecule has 0 atom stereocenters. The van der Waals surface area contributed by atoms with Crippen molar-refractivity contribution in [2.45, 2.75) is 44.1 Å². The van der Waals surface area contributed by atoms with Crippen LogP contribution < -0.4 is 11.1 Å². The number of fused-ring (bicyclic) bond motifs is 1.